The molecular weight excluding hydrogens is 142 g/mol. The summed E-state index contributed by atoms with van der Waals surface area (Å²) in [7, 11) is 0. The number of hydrogen-bond donors (Lipinski definition) is 0. The molecule has 0 unspecified atom stereocenters. The summed E-state index contributed by atoms with van der Waals surface area (Å²) in [5.74, 6) is -0.938. The summed E-state index contributed by atoms with van der Waals surface area (Å²) in [5, 5.41) is 0. The van der Waals surface area contributed by atoms with Crippen LogP contribution in [0.4, 0.5) is 0 Å². The van der Waals surface area contributed by atoms with E-state index in [4.69, 9.17) is 5.73 Å². The lowest BCUT2D eigenvalue weighted by molar-refractivity contribution is -0.116. The van der Waals surface area contributed by atoms with Crippen molar-refractivity contribution in [1.29, 1.82) is 0 Å². The Hall–Kier alpha value is -1.12. The lowest BCUT2D eigenvalue weighted by Gasteiger charge is -2.11. The van der Waals surface area contributed by atoms with Crippen LogP contribution in [0, 0.1) is 0 Å². The summed E-state index contributed by atoms with van der Waals surface area (Å²) in [6, 6.07) is 0. The highest BCUT2D eigenvalue weighted by Crippen LogP contribution is 2.22. The third-order valence-electron chi connectivity index (χ3n) is 1.91. The molecule has 0 aromatic carbocycles. The molecule has 3 heteroatoms. The van der Waals surface area contributed by atoms with E-state index in [1.54, 1.807) is 0 Å². The summed E-state index contributed by atoms with van der Waals surface area (Å²) in [6.07, 6.45) is 3.67. The van der Waals surface area contributed by atoms with Gasteiger partial charge in [-0.25, -0.2) is 0 Å². The van der Waals surface area contributed by atoms with E-state index in [1.165, 1.54) is 0 Å². The van der Waals surface area contributed by atoms with E-state index in [0.717, 1.165) is 12.8 Å². The maximum absolute atomic E-state index is 10.5. The van der Waals surface area contributed by atoms with Crippen LogP contribution in [-0.2, 0) is 9.59 Å². The van der Waals surface area contributed by atoms with Crippen LogP contribution in [0.1, 0.15) is 25.7 Å². The Morgan fingerprint density at radius 3 is 2.45 bits per heavy atom. The number of rotatable bonds is 2. The zero-order chi connectivity index (χ0) is 8.27. The smallest absolute Gasteiger partial charge is 0.291 e. The first-order valence-electron chi connectivity index (χ1n) is 3.66. The van der Waals surface area contributed by atoms with Gasteiger partial charge in [0.1, 0.15) is 6.29 Å². The summed E-state index contributed by atoms with van der Waals surface area (Å²) in [4.78, 5) is 20.9. The molecule has 58 valence electrons. The van der Waals surface area contributed by atoms with Crippen LogP contribution < -0.4 is 5.73 Å². The van der Waals surface area contributed by atoms with Gasteiger partial charge in [0, 0.05) is 11.1 Å². The topological polar surface area (TPSA) is 56.4 Å². The van der Waals surface area contributed by atoms with E-state index < -0.39 is 5.91 Å². The highest BCUT2D eigenvalue weighted by atomic mass is 16.1. The maximum Gasteiger partial charge on any atom is 0.291 e. The van der Waals surface area contributed by atoms with E-state index in [0.29, 0.717) is 30.3 Å². The SMILES string of the molecule is [N]C(=O)C1=C(C=O)CCCC1. The molecule has 0 saturated carbocycles. The van der Waals surface area contributed by atoms with Crippen LogP contribution in [0.5, 0.6) is 0 Å². The van der Waals surface area contributed by atoms with Crippen molar-refractivity contribution in [2.45, 2.75) is 25.7 Å². The molecular formula is C8H9NO2. The summed E-state index contributed by atoms with van der Waals surface area (Å²) in [5.41, 5.74) is 9.41. The Balaban J connectivity index is 2.90. The van der Waals surface area contributed by atoms with E-state index in [-0.39, 0.29) is 0 Å². The second-order valence-electron chi connectivity index (χ2n) is 2.63. The summed E-state index contributed by atoms with van der Waals surface area (Å²) < 4.78 is 0. The first kappa shape index (κ1) is 7.98. The van der Waals surface area contributed by atoms with Gasteiger partial charge in [-0.2, -0.15) is 0 Å². The molecule has 0 heterocycles. The first-order chi connectivity index (χ1) is 5.25. The second-order valence-corrected chi connectivity index (χ2v) is 2.63. The molecule has 1 rings (SSSR count). The average Bonchev–Trinajstić information content (AvgIpc) is 2.04. The van der Waals surface area contributed by atoms with E-state index in [2.05, 4.69) is 0 Å². The minimum atomic E-state index is -0.938. The molecule has 0 saturated heterocycles. The second kappa shape index (κ2) is 3.32. The molecule has 1 amide bonds. The van der Waals surface area contributed by atoms with Crippen LogP contribution in [0.3, 0.4) is 0 Å². The minimum Gasteiger partial charge on any atom is -0.298 e. The molecule has 0 fully saturated rings. The third-order valence-corrected chi connectivity index (χ3v) is 1.91. The van der Waals surface area contributed by atoms with Crippen LogP contribution in [0.25, 0.3) is 0 Å². The lowest BCUT2D eigenvalue weighted by Crippen LogP contribution is -2.11. The lowest BCUT2D eigenvalue weighted by atomic mass is 9.92. The van der Waals surface area contributed by atoms with Crippen LogP contribution in [-0.4, -0.2) is 12.2 Å². The fourth-order valence-electron chi connectivity index (χ4n) is 1.30. The van der Waals surface area contributed by atoms with Gasteiger partial charge in [-0.15, -0.1) is 5.73 Å². The summed E-state index contributed by atoms with van der Waals surface area (Å²) >= 11 is 0. The molecule has 11 heavy (non-hydrogen) atoms. The van der Waals surface area contributed by atoms with E-state index in [9.17, 15) is 9.59 Å². The Kier molecular flexibility index (Phi) is 2.41. The predicted molar refractivity (Wildman–Crippen MR) is 38.7 cm³/mol. The Bertz CT molecular complexity index is 218. The van der Waals surface area contributed by atoms with Crippen LogP contribution >= 0.6 is 0 Å². The average molecular weight is 151 g/mol. The maximum atomic E-state index is 10.5. The monoisotopic (exact) mass is 151 g/mol. The van der Waals surface area contributed by atoms with Gasteiger partial charge in [0.15, 0.2) is 0 Å². The number of allylic oxidation sites excluding steroid dienone is 1. The third kappa shape index (κ3) is 1.67. The zero-order valence-electron chi connectivity index (χ0n) is 6.17. The number of aldehydes is 1. The van der Waals surface area contributed by atoms with E-state index >= 15 is 0 Å². The molecule has 0 bridgehead atoms. The highest BCUT2D eigenvalue weighted by Gasteiger charge is 2.17. The molecule has 2 radical (unpaired) electrons. The van der Waals surface area contributed by atoms with Crippen molar-refractivity contribution in [3.63, 3.8) is 0 Å². The van der Waals surface area contributed by atoms with Crippen LogP contribution in [0.15, 0.2) is 11.1 Å². The zero-order valence-corrected chi connectivity index (χ0v) is 6.17. The highest BCUT2D eigenvalue weighted by molar-refractivity contribution is 5.97. The molecule has 1 aliphatic carbocycles. The van der Waals surface area contributed by atoms with Gasteiger partial charge >= 0.3 is 0 Å². The number of amides is 1. The summed E-state index contributed by atoms with van der Waals surface area (Å²) in [6.45, 7) is 0. The van der Waals surface area contributed by atoms with Gasteiger partial charge in [0.25, 0.3) is 5.91 Å². The number of hydrogen-bond acceptors (Lipinski definition) is 2. The van der Waals surface area contributed by atoms with Gasteiger partial charge in [0.2, 0.25) is 0 Å². The van der Waals surface area contributed by atoms with Gasteiger partial charge < -0.3 is 0 Å². The first-order valence-corrected chi connectivity index (χ1v) is 3.66. The molecule has 0 N–H and O–H groups in total. The van der Waals surface area contributed by atoms with Crippen molar-refractivity contribution in [1.82, 2.24) is 5.73 Å². The van der Waals surface area contributed by atoms with Gasteiger partial charge in [-0.05, 0) is 25.7 Å². The van der Waals surface area contributed by atoms with Crippen molar-refractivity contribution in [2.24, 2.45) is 0 Å². The Labute approximate surface area is 65.3 Å². The molecule has 0 aromatic heterocycles. The normalized spacial score (nSPS) is 18.2. The molecule has 1 aliphatic rings. The quantitative estimate of drug-likeness (QED) is 0.544. The molecule has 3 nitrogen and oxygen atoms in total. The fraction of sp³-hybridized carbons (Fsp3) is 0.500. The van der Waals surface area contributed by atoms with Crippen molar-refractivity contribution in [3.05, 3.63) is 11.1 Å². The van der Waals surface area contributed by atoms with Crippen molar-refractivity contribution in [3.8, 4) is 0 Å². The molecule has 0 aliphatic heterocycles. The molecule has 0 atom stereocenters. The number of carbonyl (C=O) groups is 2. The van der Waals surface area contributed by atoms with Gasteiger partial charge in [-0.3, -0.25) is 9.59 Å². The largest absolute Gasteiger partial charge is 0.298 e. The Morgan fingerprint density at radius 2 is 2.00 bits per heavy atom. The van der Waals surface area contributed by atoms with Crippen LogP contribution in [0.2, 0.25) is 0 Å². The predicted octanol–water partition coefficient (Wildman–Crippen LogP) is 0.651. The van der Waals surface area contributed by atoms with E-state index in [1.807, 2.05) is 0 Å². The number of nitrogens with zero attached hydrogens (tertiary/aromatic N) is 1. The van der Waals surface area contributed by atoms with Crippen molar-refractivity contribution >= 4 is 12.2 Å². The standard InChI is InChI=1S/C8H9NO2/c9-8(11)7-4-2-1-3-6(7)5-10/h5H,1-4H2. The number of carbonyl (C=O) groups excluding carboxylic acids is 2. The van der Waals surface area contributed by atoms with Gasteiger partial charge in [0.05, 0.1) is 0 Å². The van der Waals surface area contributed by atoms with Crippen molar-refractivity contribution < 1.29 is 9.59 Å². The van der Waals surface area contributed by atoms with Crippen molar-refractivity contribution in [2.75, 3.05) is 0 Å². The fourth-order valence-corrected chi connectivity index (χ4v) is 1.30. The molecule has 0 spiro atoms. The van der Waals surface area contributed by atoms with Gasteiger partial charge in [-0.1, -0.05) is 0 Å². The minimum absolute atomic E-state index is 0.311. The Morgan fingerprint density at radius 1 is 1.36 bits per heavy atom. The molecule has 0 aromatic rings.